The van der Waals surface area contributed by atoms with E-state index in [9.17, 15) is 14.7 Å². The van der Waals surface area contributed by atoms with Crippen LogP contribution in [-0.4, -0.2) is 11.7 Å². The molecular weight excluding hydrogens is 436 g/mol. The minimum absolute atomic E-state index is 0.0470. The van der Waals surface area contributed by atoms with Crippen molar-refractivity contribution in [2.45, 2.75) is 12.8 Å². The molecule has 1 aliphatic heterocycles. The van der Waals surface area contributed by atoms with Gasteiger partial charge in [0.25, 0.3) is 0 Å². The van der Waals surface area contributed by atoms with Gasteiger partial charge in [-0.3, -0.25) is 0 Å². The van der Waals surface area contributed by atoms with Gasteiger partial charge in [-0.2, -0.15) is 0 Å². The molecule has 0 fully saturated rings. The molecule has 3 heterocycles. The zero-order chi connectivity index (χ0) is 23.4. The third kappa shape index (κ3) is 2.90. The molecule has 168 valence electrons. The van der Waals surface area contributed by atoms with Crippen LogP contribution in [0.5, 0.6) is 23.0 Å². The van der Waals surface area contributed by atoms with E-state index in [1.807, 2.05) is 12.1 Å². The van der Waals surface area contributed by atoms with Gasteiger partial charge in [-0.1, -0.05) is 30.3 Å². The van der Waals surface area contributed by atoms with Gasteiger partial charge in [0.1, 0.15) is 22.7 Å². The average Bonchev–Trinajstić information content (AvgIpc) is 2.84. The third-order valence-corrected chi connectivity index (χ3v) is 6.00. The van der Waals surface area contributed by atoms with Crippen LogP contribution in [0.1, 0.15) is 29.5 Å². The second-order valence-corrected chi connectivity index (χ2v) is 7.95. The van der Waals surface area contributed by atoms with Gasteiger partial charge < -0.3 is 23.4 Å². The predicted molar refractivity (Wildman–Crippen MR) is 125 cm³/mol. The maximum atomic E-state index is 13.3. The zero-order valence-corrected chi connectivity index (χ0v) is 18.0. The number of ether oxygens (including phenoxy) is 2. The topological polar surface area (TPSA) is 99.1 Å². The van der Waals surface area contributed by atoms with Crippen LogP contribution in [0.3, 0.4) is 0 Å². The Morgan fingerprint density at radius 2 is 1.38 bits per heavy atom. The number of phenols is 1. The molecule has 0 atom stereocenters. The molecule has 0 amide bonds. The van der Waals surface area contributed by atoms with E-state index in [-0.39, 0.29) is 22.6 Å². The van der Waals surface area contributed by atoms with Gasteiger partial charge in [0.05, 0.1) is 34.4 Å². The van der Waals surface area contributed by atoms with E-state index >= 15 is 0 Å². The van der Waals surface area contributed by atoms with Crippen LogP contribution in [0.15, 0.2) is 85.2 Å². The largest absolute Gasteiger partial charge is 0.504 e. The number of para-hydroxylation sites is 2. The van der Waals surface area contributed by atoms with Gasteiger partial charge in [0.15, 0.2) is 11.5 Å². The van der Waals surface area contributed by atoms with Crippen LogP contribution in [0.25, 0.3) is 21.9 Å². The highest BCUT2D eigenvalue weighted by molar-refractivity contribution is 5.90. The van der Waals surface area contributed by atoms with Crippen molar-refractivity contribution < 1.29 is 23.4 Å². The lowest BCUT2D eigenvalue weighted by Gasteiger charge is -2.28. The Balaban J connectivity index is 1.75. The van der Waals surface area contributed by atoms with Gasteiger partial charge in [-0.25, -0.2) is 9.59 Å². The third-order valence-electron chi connectivity index (χ3n) is 6.00. The zero-order valence-electron chi connectivity index (χ0n) is 18.0. The summed E-state index contributed by atoms with van der Waals surface area (Å²) in [7, 11) is 0. The van der Waals surface area contributed by atoms with E-state index in [0.717, 1.165) is 0 Å². The smallest absolute Gasteiger partial charge is 0.344 e. The number of rotatable bonds is 3. The molecule has 7 heteroatoms. The molecule has 0 saturated carbocycles. The fraction of sp³-hybridized carbons (Fsp3) is 0.111. The lowest BCUT2D eigenvalue weighted by atomic mass is 9.83. The summed E-state index contributed by atoms with van der Waals surface area (Å²) in [5.74, 6) is -0.0170. The molecule has 5 aromatic rings. The average molecular weight is 454 g/mol. The summed E-state index contributed by atoms with van der Waals surface area (Å²) in [5, 5.41) is 11.4. The van der Waals surface area contributed by atoms with Crippen molar-refractivity contribution in [1.82, 2.24) is 0 Å². The number of hydrogen-bond donors (Lipinski definition) is 1. The van der Waals surface area contributed by atoms with E-state index in [0.29, 0.717) is 45.6 Å². The van der Waals surface area contributed by atoms with Crippen molar-refractivity contribution in [1.29, 1.82) is 0 Å². The predicted octanol–water partition coefficient (Wildman–Crippen LogP) is 5.29. The highest BCUT2D eigenvalue weighted by Crippen LogP contribution is 2.50. The molecule has 1 aliphatic rings. The van der Waals surface area contributed by atoms with Gasteiger partial charge >= 0.3 is 11.3 Å². The van der Waals surface area contributed by atoms with Crippen LogP contribution in [0.2, 0.25) is 0 Å². The molecule has 34 heavy (non-hydrogen) atoms. The van der Waals surface area contributed by atoms with Crippen molar-refractivity contribution in [3.8, 4) is 23.0 Å². The van der Waals surface area contributed by atoms with Crippen molar-refractivity contribution in [2.24, 2.45) is 0 Å². The molecule has 0 spiro atoms. The van der Waals surface area contributed by atoms with Gasteiger partial charge in [0.2, 0.25) is 0 Å². The molecule has 6 rings (SSSR count). The van der Waals surface area contributed by atoms with Crippen LogP contribution < -0.4 is 20.7 Å². The van der Waals surface area contributed by atoms with Crippen molar-refractivity contribution in [3.63, 3.8) is 0 Å². The molecule has 7 nitrogen and oxygen atoms in total. The lowest BCUT2D eigenvalue weighted by Crippen LogP contribution is -2.26. The molecule has 0 saturated heterocycles. The first-order valence-corrected chi connectivity index (χ1v) is 10.8. The van der Waals surface area contributed by atoms with Gasteiger partial charge in [-0.15, -0.1) is 0 Å². The highest BCUT2D eigenvalue weighted by Gasteiger charge is 2.38. The van der Waals surface area contributed by atoms with E-state index in [4.69, 9.17) is 18.3 Å². The minimum atomic E-state index is -0.861. The first-order valence-electron chi connectivity index (χ1n) is 10.8. The summed E-state index contributed by atoms with van der Waals surface area (Å²) in [5.41, 5.74) is 0.426. The summed E-state index contributed by atoms with van der Waals surface area (Å²) < 4.78 is 23.1. The number of aromatic hydroxyl groups is 1. The fourth-order valence-corrected chi connectivity index (χ4v) is 4.55. The summed E-state index contributed by atoms with van der Waals surface area (Å²) in [6, 6.07) is 18.9. The highest BCUT2D eigenvalue weighted by atomic mass is 16.5. The van der Waals surface area contributed by atoms with Crippen LogP contribution in [0.4, 0.5) is 0 Å². The fourth-order valence-electron chi connectivity index (χ4n) is 4.55. The van der Waals surface area contributed by atoms with Crippen molar-refractivity contribution in [2.75, 3.05) is 6.61 Å². The lowest BCUT2D eigenvalue weighted by molar-refractivity contribution is 0.317. The summed E-state index contributed by atoms with van der Waals surface area (Å²) in [6.45, 7) is 2.13. The number of benzene rings is 3. The van der Waals surface area contributed by atoms with E-state index in [2.05, 4.69) is 0 Å². The normalized spacial score (nSPS) is 12.9. The number of fused-ring (bicyclic) bond motifs is 6. The first-order chi connectivity index (χ1) is 16.6. The summed E-state index contributed by atoms with van der Waals surface area (Å²) in [4.78, 5) is 26.5. The Labute approximate surface area is 192 Å². The van der Waals surface area contributed by atoms with Gasteiger partial charge in [-0.05, 0) is 48.9 Å². The standard InChI is InChI=1S/C27H18O7/c1-2-31-20-13-14(11-12-17(20)28)21-22-24(15-7-3-5-9-18(15)32-26(22)29)34-25-16-8-4-6-10-19(16)33-27(30)23(21)25/h3-13,21,28H,2H2,1H3. The SMILES string of the molecule is CCOc1cc(C2c3c(c4ccccc4oc3=O)Oc3c2c(=O)oc2ccccc32)ccc1O. The monoisotopic (exact) mass is 454 g/mol. The van der Waals surface area contributed by atoms with Crippen molar-refractivity contribution in [3.05, 3.63) is 104 Å². The Hall–Kier alpha value is -4.52. The number of hydrogen-bond acceptors (Lipinski definition) is 7. The minimum Gasteiger partial charge on any atom is -0.504 e. The molecule has 0 aliphatic carbocycles. The molecule has 2 aromatic heterocycles. The summed E-state index contributed by atoms with van der Waals surface area (Å²) in [6.07, 6.45) is 0. The molecule has 1 N–H and O–H groups in total. The van der Waals surface area contributed by atoms with E-state index in [1.165, 1.54) is 6.07 Å². The number of phenolic OH excluding ortho intramolecular Hbond substituents is 1. The Morgan fingerprint density at radius 3 is 1.94 bits per heavy atom. The Bertz CT molecular complexity index is 1610. The van der Waals surface area contributed by atoms with E-state index in [1.54, 1.807) is 55.5 Å². The molecule has 3 aromatic carbocycles. The van der Waals surface area contributed by atoms with Gasteiger partial charge in [0, 0.05) is 0 Å². The Morgan fingerprint density at radius 1 is 0.824 bits per heavy atom. The van der Waals surface area contributed by atoms with Crippen LogP contribution in [0, 0.1) is 0 Å². The quantitative estimate of drug-likeness (QED) is 0.363. The van der Waals surface area contributed by atoms with E-state index < -0.39 is 17.2 Å². The molecule has 0 bridgehead atoms. The first kappa shape index (κ1) is 20.1. The maximum absolute atomic E-state index is 13.3. The molecular formula is C27H18O7. The van der Waals surface area contributed by atoms with Crippen LogP contribution in [-0.2, 0) is 0 Å². The van der Waals surface area contributed by atoms with Crippen molar-refractivity contribution >= 4 is 21.9 Å². The second kappa shape index (κ2) is 7.52. The van der Waals surface area contributed by atoms with Crippen LogP contribution >= 0.6 is 0 Å². The maximum Gasteiger partial charge on any atom is 0.344 e. The molecule has 0 radical (unpaired) electrons. The Kier molecular flexibility index (Phi) is 4.45. The second-order valence-electron chi connectivity index (χ2n) is 7.95. The summed E-state index contributed by atoms with van der Waals surface area (Å²) >= 11 is 0. The molecule has 0 unspecified atom stereocenters.